The number of hydrogen-bond acceptors (Lipinski definition) is 1. The molecular formula is C19H24FN. The molecule has 0 amide bonds. The van der Waals surface area contributed by atoms with Crippen molar-refractivity contribution < 1.29 is 4.39 Å². The zero-order chi connectivity index (χ0) is 15.2. The monoisotopic (exact) mass is 285 g/mol. The molecule has 0 fully saturated rings. The highest BCUT2D eigenvalue weighted by Gasteiger charge is 2.15. The number of hydrogen-bond donors (Lipinski definition) is 1. The van der Waals surface area contributed by atoms with Crippen LogP contribution in [0, 0.1) is 19.7 Å². The Morgan fingerprint density at radius 2 is 1.81 bits per heavy atom. The highest BCUT2D eigenvalue weighted by molar-refractivity contribution is 5.32. The topological polar surface area (TPSA) is 12.0 Å². The van der Waals surface area contributed by atoms with Gasteiger partial charge in [0.2, 0.25) is 0 Å². The molecule has 2 aromatic carbocycles. The first-order valence-corrected chi connectivity index (χ1v) is 7.65. The summed E-state index contributed by atoms with van der Waals surface area (Å²) in [6, 6.07) is 13.6. The van der Waals surface area contributed by atoms with Crippen molar-refractivity contribution in [2.24, 2.45) is 0 Å². The predicted molar refractivity (Wildman–Crippen MR) is 87.1 cm³/mol. The van der Waals surface area contributed by atoms with Crippen molar-refractivity contribution in [1.82, 2.24) is 5.32 Å². The summed E-state index contributed by atoms with van der Waals surface area (Å²) in [5.74, 6) is -0.130. The Morgan fingerprint density at radius 3 is 2.48 bits per heavy atom. The number of halogens is 1. The summed E-state index contributed by atoms with van der Waals surface area (Å²) < 4.78 is 14.1. The summed E-state index contributed by atoms with van der Waals surface area (Å²) in [7, 11) is 0. The molecule has 1 N–H and O–H groups in total. The Hall–Kier alpha value is -1.67. The highest BCUT2D eigenvalue weighted by Crippen LogP contribution is 2.22. The van der Waals surface area contributed by atoms with E-state index in [9.17, 15) is 4.39 Å². The maximum atomic E-state index is 14.1. The van der Waals surface area contributed by atoms with Crippen LogP contribution in [-0.4, -0.2) is 6.54 Å². The quantitative estimate of drug-likeness (QED) is 0.809. The second-order valence-electron chi connectivity index (χ2n) is 5.65. The summed E-state index contributed by atoms with van der Waals surface area (Å²) in [5.41, 5.74) is 4.58. The minimum absolute atomic E-state index is 0.0215. The van der Waals surface area contributed by atoms with Gasteiger partial charge in [0.1, 0.15) is 5.82 Å². The standard InChI is InChI=1S/C19H24FN/c1-4-11-21-19(17-7-5-6-8-18(17)20)13-16-10-9-14(2)15(3)12-16/h5-10,12,19,21H,4,11,13H2,1-3H3. The van der Waals surface area contributed by atoms with Gasteiger partial charge >= 0.3 is 0 Å². The lowest BCUT2D eigenvalue weighted by atomic mass is 9.96. The Balaban J connectivity index is 2.24. The lowest BCUT2D eigenvalue weighted by Gasteiger charge is -2.20. The molecule has 112 valence electrons. The molecule has 1 nitrogen and oxygen atoms in total. The lowest BCUT2D eigenvalue weighted by Crippen LogP contribution is -2.25. The molecule has 1 unspecified atom stereocenters. The van der Waals surface area contributed by atoms with Crippen LogP contribution in [0.2, 0.25) is 0 Å². The molecule has 0 aromatic heterocycles. The molecule has 2 aromatic rings. The molecule has 1 atom stereocenters. The third-order valence-corrected chi connectivity index (χ3v) is 3.93. The molecule has 0 spiro atoms. The van der Waals surface area contributed by atoms with Crippen molar-refractivity contribution in [3.63, 3.8) is 0 Å². The van der Waals surface area contributed by atoms with Crippen LogP contribution in [0.15, 0.2) is 42.5 Å². The normalized spacial score (nSPS) is 12.4. The number of aryl methyl sites for hydroxylation is 2. The van der Waals surface area contributed by atoms with E-state index in [-0.39, 0.29) is 11.9 Å². The molecule has 0 radical (unpaired) electrons. The highest BCUT2D eigenvalue weighted by atomic mass is 19.1. The molecule has 0 saturated carbocycles. The molecular weight excluding hydrogens is 261 g/mol. The number of benzene rings is 2. The Labute approximate surface area is 127 Å². The molecule has 0 aliphatic heterocycles. The third-order valence-electron chi connectivity index (χ3n) is 3.93. The van der Waals surface area contributed by atoms with E-state index in [1.165, 1.54) is 22.8 Å². The van der Waals surface area contributed by atoms with E-state index in [0.29, 0.717) is 0 Å². The largest absolute Gasteiger partial charge is 0.310 e. The molecule has 0 heterocycles. The maximum Gasteiger partial charge on any atom is 0.127 e. The van der Waals surface area contributed by atoms with Crippen molar-refractivity contribution in [2.45, 2.75) is 39.7 Å². The summed E-state index contributed by atoms with van der Waals surface area (Å²) >= 11 is 0. The van der Waals surface area contributed by atoms with Crippen LogP contribution in [0.25, 0.3) is 0 Å². The second-order valence-corrected chi connectivity index (χ2v) is 5.65. The zero-order valence-electron chi connectivity index (χ0n) is 13.1. The smallest absolute Gasteiger partial charge is 0.127 e. The van der Waals surface area contributed by atoms with E-state index < -0.39 is 0 Å². The van der Waals surface area contributed by atoms with E-state index in [1.807, 2.05) is 12.1 Å². The van der Waals surface area contributed by atoms with Crippen LogP contribution in [0.5, 0.6) is 0 Å². The van der Waals surface area contributed by atoms with Gasteiger partial charge in [0.05, 0.1) is 0 Å². The van der Waals surface area contributed by atoms with Gasteiger partial charge in [0, 0.05) is 11.6 Å². The van der Waals surface area contributed by atoms with Crippen molar-refractivity contribution in [3.05, 3.63) is 70.5 Å². The summed E-state index contributed by atoms with van der Waals surface area (Å²) in [5, 5.41) is 3.47. The van der Waals surface area contributed by atoms with Crippen LogP contribution >= 0.6 is 0 Å². The van der Waals surface area contributed by atoms with E-state index >= 15 is 0 Å². The van der Waals surface area contributed by atoms with Crippen LogP contribution < -0.4 is 5.32 Å². The van der Waals surface area contributed by atoms with Crippen molar-refractivity contribution in [3.8, 4) is 0 Å². The first-order chi connectivity index (χ1) is 10.1. The SMILES string of the molecule is CCCNC(Cc1ccc(C)c(C)c1)c1ccccc1F. The lowest BCUT2D eigenvalue weighted by molar-refractivity contribution is 0.497. The number of rotatable bonds is 6. The fourth-order valence-corrected chi connectivity index (χ4v) is 2.53. The van der Waals surface area contributed by atoms with Gasteiger partial charge in [-0.05, 0) is 56.0 Å². The van der Waals surface area contributed by atoms with E-state index in [4.69, 9.17) is 0 Å². The molecule has 0 bridgehead atoms. The van der Waals surface area contributed by atoms with Crippen LogP contribution in [0.4, 0.5) is 4.39 Å². The van der Waals surface area contributed by atoms with Gasteiger partial charge in [0.25, 0.3) is 0 Å². The average Bonchev–Trinajstić information content (AvgIpc) is 2.48. The first-order valence-electron chi connectivity index (χ1n) is 7.65. The maximum absolute atomic E-state index is 14.1. The summed E-state index contributed by atoms with van der Waals surface area (Å²) in [6.45, 7) is 7.25. The zero-order valence-corrected chi connectivity index (χ0v) is 13.1. The minimum Gasteiger partial charge on any atom is -0.310 e. The summed E-state index contributed by atoms with van der Waals surface area (Å²) in [6.07, 6.45) is 1.85. The van der Waals surface area contributed by atoms with Crippen LogP contribution in [-0.2, 0) is 6.42 Å². The average molecular weight is 285 g/mol. The summed E-state index contributed by atoms with van der Waals surface area (Å²) in [4.78, 5) is 0. The van der Waals surface area contributed by atoms with Gasteiger partial charge in [-0.25, -0.2) is 4.39 Å². The molecule has 21 heavy (non-hydrogen) atoms. The Kier molecular flexibility index (Phi) is 5.51. The fourth-order valence-electron chi connectivity index (χ4n) is 2.53. The van der Waals surface area contributed by atoms with Gasteiger partial charge < -0.3 is 5.32 Å². The predicted octanol–water partition coefficient (Wildman–Crippen LogP) is 4.73. The Bertz CT molecular complexity index is 592. The van der Waals surface area contributed by atoms with E-state index in [1.54, 1.807) is 6.07 Å². The van der Waals surface area contributed by atoms with Gasteiger partial charge in [0.15, 0.2) is 0 Å². The minimum atomic E-state index is -0.130. The first kappa shape index (κ1) is 15.7. The van der Waals surface area contributed by atoms with Crippen molar-refractivity contribution in [2.75, 3.05) is 6.54 Å². The van der Waals surface area contributed by atoms with E-state index in [0.717, 1.165) is 24.9 Å². The van der Waals surface area contributed by atoms with Crippen molar-refractivity contribution in [1.29, 1.82) is 0 Å². The molecule has 2 heteroatoms. The van der Waals surface area contributed by atoms with Gasteiger partial charge in [-0.2, -0.15) is 0 Å². The van der Waals surface area contributed by atoms with Crippen LogP contribution in [0.3, 0.4) is 0 Å². The second kappa shape index (κ2) is 7.37. The molecule has 0 aliphatic carbocycles. The van der Waals surface area contributed by atoms with Gasteiger partial charge in [-0.15, -0.1) is 0 Å². The van der Waals surface area contributed by atoms with Crippen LogP contribution in [0.1, 0.15) is 41.6 Å². The molecule has 2 rings (SSSR count). The van der Waals surface area contributed by atoms with Gasteiger partial charge in [-0.1, -0.05) is 43.3 Å². The fraction of sp³-hybridized carbons (Fsp3) is 0.368. The third kappa shape index (κ3) is 4.15. The Morgan fingerprint density at radius 1 is 1.05 bits per heavy atom. The molecule has 0 aliphatic rings. The van der Waals surface area contributed by atoms with Crippen molar-refractivity contribution >= 4 is 0 Å². The van der Waals surface area contributed by atoms with Gasteiger partial charge in [-0.3, -0.25) is 0 Å². The number of nitrogens with one attached hydrogen (secondary N) is 1. The molecule has 0 saturated heterocycles. The van der Waals surface area contributed by atoms with E-state index in [2.05, 4.69) is 44.3 Å².